The Bertz CT molecular complexity index is 400. The first kappa shape index (κ1) is 10.0. The molecular weight excluding hydrogens is 198 g/mol. The van der Waals surface area contributed by atoms with Crippen molar-refractivity contribution in [3.05, 3.63) is 35.9 Å². The number of ketones is 1. The topological polar surface area (TPSA) is 20.3 Å². The van der Waals surface area contributed by atoms with E-state index in [0.717, 1.165) is 12.8 Å². The number of rotatable bonds is 1. The first-order valence-electron chi connectivity index (χ1n) is 6.08. The van der Waals surface area contributed by atoms with Crippen molar-refractivity contribution in [1.29, 1.82) is 0 Å². The zero-order valence-corrected chi connectivity index (χ0v) is 9.60. The smallest absolute Gasteiger partial charge is 0.157 e. The maximum absolute atomic E-state index is 12.4. The van der Waals surface area contributed by atoms with E-state index in [1.54, 1.807) is 0 Å². The van der Waals surface area contributed by atoms with Crippen LogP contribution in [0.4, 0.5) is 0 Å². The molecule has 2 heteroatoms. The van der Waals surface area contributed by atoms with Gasteiger partial charge in [-0.15, -0.1) is 0 Å². The summed E-state index contributed by atoms with van der Waals surface area (Å²) in [5, 5.41) is 0. The van der Waals surface area contributed by atoms with Crippen molar-refractivity contribution in [3.63, 3.8) is 0 Å². The Balaban J connectivity index is 1.91. The molecule has 3 rings (SSSR count). The minimum absolute atomic E-state index is 0.148. The second kappa shape index (κ2) is 3.70. The summed E-state index contributed by atoms with van der Waals surface area (Å²) in [6.07, 6.45) is 3.26. The van der Waals surface area contributed by atoms with Gasteiger partial charge in [0.2, 0.25) is 0 Å². The van der Waals surface area contributed by atoms with Crippen LogP contribution in [0.2, 0.25) is 0 Å². The van der Waals surface area contributed by atoms with Gasteiger partial charge in [-0.1, -0.05) is 30.3 Å². The van der Waals surface area contributed by atoms with E-state index >= 15 is 0 Å². The number of likely N-dealkylation sites (N-methyl/N-ethyl adjacent to an activating group) is 1. The third-order valence-electron chi connectivity index (χ3n) is 4.22. The van der Waals surface area contributed by atoms with Crippen LogP contribution in [0.25, 0.3) is 0 Å². The standard InChI is InChI=1S/C14H17NO/c1-15-11-7-8-13(15)14(16)12(9-11)10-5-3-2-4-6-10/h2-6,11-13H,7-9H2,1H3/t11-,12+,13+/m0/s1. The van der Waals surface area contributed by atoms with E-state index in [9.17, 15) is 4.79 Å². The lowest BCUT2D eigenvalue weighted by atomic mass is 9.84. The number of fused-ring (bicyclic) bond motifs is 2. The second-order valence-electron chi connectivity index (χ2n) is 5.01. The lowest BCUT2D eigenvalue weighted by Crippen LogP contribution is -2.46. The first-order valence-corrected chi connectivity index (χ1v) is 6.08. The summed E-state index contributed by atoms with van der Waals surface area (Å²) in [6.45, 7) is 0. The molecule has 1 aromatic carbocycles. The fraction of sp³-hybridized carbons (Fsp3) is 0.500. The van der Waals surface area contributed by atoms with Crippen molar-refractivity contribution in [2.75, 3.05) is 7.05 Å². The molecule has 0 aromatic heterocycles. The highest BCUT2D eigenvalue weighted by Gasteiger charge is 2.44. The highest BCUT2D eigenvalue weighted by atomic mass is 16.1. The van der Waals surface area contributed by atoms with Gasteiger partial charge in [0.1, 0.15) is 0 Å². The largest absolute Gasteiger partial charge is 0.297 e. The Morgan fingerprint density at radius 2 is 1.94 bits per heavy atom. The lowest BCUT2D eigenvalue weighted by molar-refractivity contribution is -0.127. The summed E-state index contributed by atoms with van der Waals surface area (Å²) in [7, 11) is 2.10. The summed E-state index contributed by atoms with van der Waals surface area (Å²) >= 11 is 0. The quantitative estimate of drug-likeness (QED) is 0.716. The Kier molecular flexibility index (Phi) is 2.32. The summed E-state index contributed by atoms with van der Waals surface area (Å²) in [5.74, 6) is 0.581. The number of nitrogens with zero attached hydrogens (tertiary/aromatic N) is 1. The molecule has 0 unspecified atom stereocenters. The van der Waals surface area contributed by atoms with Crippen molar-refractivity contribution in [2.45, 2.75) is 37.3 Å². The van der Waals surface area contributed by atoms with Gasteiger partial charge in [0.25, 0.3) is 0 Å². The van der Waals surface area contributed by atoms with Crippen molar-refractivity contribution in [3.8, 4) is 0 Å². The number of benzene rings is 1. The molecule has 16 heavy (non-hydrogen) atoms. The molecule has 2 nitrogen and oxygen atoms in total. The minimum Gasteiger partial charge on any atom is -0.297 e. The summed E-state index contributed by atoms with van der Waals surface area (Å²) in [4.78, 5) is 14.6. The molecule has 2 bridgehead atoms. The molecule has 2 fully saturated rings. The van der Waals surface area contributed by atoms with Crippen LogP contribution in [0, 0.1) is 0 Å². The fourth-order valence-corrected chi connectivity index (χ4v) is 3.25. The molecule has 2 heterocycles. The third-order valence-corrected chi connectivity index (χ3v) is 4.22. The molecule has 0 spiro atoms. The lowest BCUT2D eigenvalue weighted by Gasteiger charge is -2.35. The van der Waals surface area contributed by atoms with Crippen LogP contribution in [-0.4, -0.2) is 29.8 Å². The van der Waals surface area contributed by atoms with Gasteiger partial charge in [-0.2, -0.15) is 0 Å². The van der Waals surface area contributed by atoms with Crippen LogP contribution in [0.5, 0.6) is 0 Å². The molecule has 0 saturated carbocycles. The van der Waals surface area contributed by atoms with Crippen molar-refractivity contribution < 1.29 is 4.79 Å². The van der Waals surface area contributed by atoms with Crippen molar-refractivity contribution in [1.82, 2.24) is 4.90 Å². The number of carbonyl (C=O) groups excluding carboxylic acids is 1. The van der Waals surface area contributed by atoms with Crippen LogP contribution < -0.4 is 0 Å². The fourth-order valence-electron chi connectivity index (χ4n) is 3.25. The third kappa shape index (κ3) is 1.40. The van der Waals surface area contributed by atoms with E-state index in [1.807, 2.05) is 18.2 Å². The zero-order valence-electron chi connectivity index (χ0n) is 9.60. The molecule has 0 radical (unpaired) electrons. The molecule has 0 amide bonds. The second-order valence-corrected chi connectivity index (χ2v) is 5.01. The average Bonchev–Trinajstić information content (AvgIpc) is 2.57. The predicted molar refractivity (Wildman–Crippen MR) is 63.4 cm³/mol. The Morgan fingerprint density at radius 3 is 2.69 bits per heavy atom. The molecule has 2 aliphatic rings. The van der Waals surface area contributed by atoms with Crippen LogP contribution in [0.3, 0.4) is 0 Å². The molecule has 2 aliphatic heterocycles. The van der Waals surface area contributed by atoms with E-state index in [1.165, 1.54) is 12.0 Å². The number of piperidine rings is 1. The van der Waals surface area contributed by atoms with E-state index in [2.05, 4.69) is 24.1 Å². The highest BCUT2D eigenvalue weighted by molar-refractivity contribution is 5.91. The highest BCUT2D eigenvalue weighted by Crippen LogP contribution is 2.39. The predicted octanol–water partition coefficient (Wildman–Crippen LogP) is 2.21. The van der Waals surface area contributed by atoms with Gasteiger partial charge in [-0.3, -0.25) is 9.69 Å². The number of hydrogen-bond acceptors (Lipinski definition) is 2. The summed E-state index contributed by atoms with van der Waals surface area (Å²) in [6, 6.07) is 11.1. The van der Waals surface area contributed by atoms with Gasteiger partial charge in [0, 0.05) is 12.0 Å². The number of carbonyl (C=O) groups is 1. The monoisotopic (exact) mass is 215 g/mol. The van der Waals surface area contributed by atoms with E-state index in [0.29, 0.717) is 11.8 Å². The van der Waals surface area contributed by atoms with E-state index in [4.69, 9.17) is 0 Å². The molecular formula is C14H17NO. The van der Waals surface area contributed by atoms with Gasteiger partial charge in [-0.05, 0) is 31.9 Å². The SMILES string of the molecule is CN1[C@H]2CC[C@@H]1C(=O)[C@@H](c1ccccc1)C2. The van der Waals surface area contributed by atoms with E-state index in [-0.39, 0.29) is 12.0 Å². The van der Waals surface area contributed by atoms with Crippen molar-refractivity contribution >= 4 is 5.78 Å². The maximum Gasteiger partial charge on any atom is 0.157 e. The molecule has 3 atom stereocenters. The molecule has 2 saturated heterocycles. The van der Waals surface area contributed by atoms with Gasteiger partial charge in [0.15, 0.2) is 5.78 Å². The normalized spacial score (nSPS) is 34.3. The van der Waals surface area contributed by atoms with Gasteiger partial charge in [-0.25, -0.2) is 0 Å². The molecule has 84 valence electrons. The van der Waals surface area contributed by atoms with Crippen LogP contribution in [0.1, 0.15) is 30.7 Å². The Hall–Kier alpha value is -1.15. The molecule has 1 aromatic rings. The van der Waals surface area contributed by atoms with Crippen LogP contribution >= 0.6 is 0 Å². The average molecular weight is 215 g/mol. The minimum atomic E-state index is 0.148. The van der Waals surface area contributed by atoms with E-state index < -0.39 is 0 Å². The van der Waals surface area contributed by atoms with Gasteiger partial charge < -0.3 is 0 Å². The Morgan fingerprint density at radius 1 is 1.19 bits per heavy atom. The first-order chi connectivity index (χ1) is 7.77. The van der Waals surface area contributed by atoms with Crippen molar-refractivity contribution in [2.24, 2.45) is 0 Å². The summed E-state index contributed by atoms with van der Waals surface area (Å²) in [5.41, 5.74) is 1.21. The van der Waals surface area contributed by atoms with Gasteiger partial charge in [0.05, 0.1) is 6.04 Å². The number of Topliss-reactive ketones (excluding diaryl/α,β-unsaturated/α-hetero) is 1. The maximum atomic E-state index is 12.4. The van der Waals surface area contributed by atoms with Crippen LogP contribution in [0.15, 0.2) is 30.3 Å². The zero-order chi connectivity index (χ0) is 11.1. The molecule has 0 aliphatic carbocycles. The Labute approximate surface area is 96.3 Å². The van der Waals surface area contributed by atoms with Crippen LogP contribution in [-0.2, 0) is 4.79 Å². The number of hydrogen-bond donors (Lipinski definition) is 0. The van der Waals surface area contributed by atoms with Gasteiger partial charge >= 0.3 is 0 Å². The summed E-state index contributed by atoms with van der Waals surface area (Å²) < 4.78 is 0. The molecule has 0 N–H and O–H groups in total.